The Morgan fingerprint density at radius 3 is 2.75 bits per heavy atom. The van der Waals surface area contributed by atoms with Crippen LogP contribution < -0.4 is 5.73 Å². The second-order valence-electron chi connectivity index (χ2n) is 6.53. The third-order valence-electron chi connectivity index (χ3n) is 4.90. The van der Waals surface area contributed by atoms with Crippen LogP contribution in [0.3, 0.4) is 0 Å². The smallest absolute Gasteiger partial charge is 0.0345 e. The van der Waals surface area contributed by atoms with E-state index in [1.54, 1.807) is 0 Å². The first-order chi connectivity index (χ1) is 9.70. The molecule has 0 bridgehead atoms. The van der Waals surface area contributed by atoms with Crippen molar-refractivity contribution in [2.24, 2.45) is 11.7 Å². The van der Waals surface area contributed by atoms with Crippen LogP contribution >= 0.6 is 11.3 Å². The van der Waals surface area contributed by atoms with Gasteiger partial charge in [0.05, 0.1) is 0 Å². The molecule has 1 aliphatic rings. The van der Waals surface area contributed by atoms with Gasteiger partial charge in [-0.15, -0.1) is 11.3 Å². The molecule has 1 aromatic heterocycles. The molecule has 2 aromatic rings. The molecular weight excluding hydrogens is 262 g/mol. The monoisotopic (exact) mass is 287 g/mol. The fourth-order valence-electron chi connectivity index (χ4n) is 3.68. The Bertz CT molecular complexity index is 564. The van der Waals surface area contributed by atoms with Gasteiger partial charge in [0.15, 0.2) is 0 Å². The molecule has 3 rings (SSSR count). The summed E-state index contributed by atoms with van der Waals surface area (Å²) in [6.07, 6.45) is 8.80. The molecule has 0 aliphatic heterocycles. The highest BCUT2D eigenvalue weighted by Gasteiger charge is 2.32. The number of thiophene rings is 1. The summed E-state index contributed by atoms with van der Waals surface area (Å²) in [6.45, 7) is 2.29. The molecule has 1 heterocycles. The van der Waals surface area contributed by atoms with Gasteiger partial charge in [-0.2, -0.15) is 0 Å². The second-order valence-corrected chi connectivity index (χ2v) is 7.44. The number of hydrogen-bond acceptors (Lipinski definition) is 2. The average molecular weight is 287 g/mol. The van der Waals surface area contributed by atoms with Crippen LogP contribution in [0.1, 0.15) is 51.0 Å². The maximum Gasteiger partial charge on any atom is 0.0345 e. The molecule has 1 nitrogen and oxygen atoms in total. The zero-order valence-corrected chi connectivity index (χ0v) is 13.2. The fourth-order valence-corrected chi connectivity index (χ4v) is 4.64. The van der Waals surface area contributed by atoms with Gasteiger partial charge < -0.3 is 5.73 Å². The third-order valence-corrected chi connectivity index (χ3v) is 5.91. The molecule has 1 saturated carbocycles. The van der Waals surface area contributed by atoms with Crippen LogP contribution in [-0.4, -0.2) is 5.54 Å². The van der Waals surface area contributed by atoms with Crippen LogP contribution in [0.15, 0.2) is 29.6 Å². The van der Waals surface area contributed by atoms with Crippen molar-refractivity contribution in [3.05, 3.63) is 35.2 Å². The molecule has 20 heavy (non-hydrogen) atoms. The van der Waals surface area contributed by atoms with Crippen molar-refractivity contribution in [1.82, 2.24) is 0 Å². The molecule has 0 spiro atoms. The summed E-state index contributed by atoms with van der Waals surface area (Å²) >= 11 is 1.85. The van der Waals surface area contributed by atoms with E-state index < -0.39 is 0 Å². The Morgan fingerprint density at radius 1 is 1.25 bits per heavy atom. The molecular formula is C18H25NS. The quantitative estimate of drug-likeness (QED) is 0.828. The van der Waals surface area contributed by atoms with Crippen LogP contribution in [0, 0.1) is 5.92 Å². The van der Waals surface area contributed by atoms with Gasteiger partial charge in [0.2, 0.25) is 0 Å². The Hall–Kier alpha value is -0.860. The lowest BCUT2D eigenvalue weighted by atomic mass is 9.73. The van der Waals surface area contributed by atoms with Gasteiger partial charge in [0, 0.05) is 10.2 Å². The van der Waals surface area contributed by atoms with Gasteiger partial charge in [-0.1, -0.05) is 38.0 Å². The summed E-state index contributed by atoms with van der Waals surface area (Å²) in [5.74, 6) is 0.927. The minimum Gasteiger partial charge on any atom is -0.325 e. The van der Waals surface area contributed by atoms with Gasteiger partial charge >= 0.3 is 0 Å². The van der Waals surface area contributed by atoms with E-state index in [0.29, 0.717) is 0 Å². The molecule has 0 saturated heterocycles. The Kier molecular flexibility index (Phi) is 4.13. The summed E-state index contributed by atoms with van der Waals surface area (Å²) < 4.78 is 1.39. The summed E-state index contributed by atoms with van der Waals surface area (Å²) in [7, 11) is 0. The Balaban J connectivity index is 1.71. The van der Waals surface area contributed by atoms with Crippen molar-refractivity contribution < 1.29 is 0 Å². The zero-order chi connectivity index (χ0) is 14.0. The fraction of sp³-hybridized carbons (Fsp3) is 0.556. The summed E-state index contributed by atoms with van der Waals surface area (Å²) in [6, 6.07) is 8.72. The van der Waals surface area contributed by atoms with E-state index in [1.807, 2.05) is 11.3 Å². The van der Waals surface area contributed by atoms with Crippen molar-refractivity contribution in [3.63, 3.8) is 0 Å². The van der Waals surface area contributed by atoms with E-state index in [0.717, 1.165) is 12.3 Å². The minimum atomic E-state index is 0.0358. The van der Waals surface area contributed by atoms with Crippen molar-refractivity contribution in [2.75, 3.05) is 0 Å². The van der Waals surface area contributed by atoms with E-state index in [9.17, 15) is 0 Å². The highest BCUT2D eigenvalue weighted by molar-refractivity contribution is 7.17. The predicted molar refractivity (Wildman–Crippen MR) is 89.3 cm³/mol. The van der Waals surface area contributed by atoms with E-state index in [-0.39, 0.29) is 5.54 Å². The second kappa shape index (κ2) is 5.87. The molecule has 1 aromatic carbocycles. The molecule has 1 fully saturated rings. The van der Waals surface area contributed by atoms with Crippen molar-refractivity contribution >= 4 is 21.4 Å². The minimum absolute atomic E-state index is 0.0358. The van der Waals surface area contributed by atoms with E-state index in [1.165, 1.54) is 54.2 Å². The first-order valence-electron chi connectivity index (χ1n) is 7.94. The maximum atomic E-state index is 6.70. The lowest BCUT2D eigenvalue weighted by molar-refractivity contribution is 0.224. The van der Waals surface area contributed by atoms with Crippen LogP contribution in [0.25, 0.3) is 10.1 Å². The number of rotatable bonds is 4. The first-order valence-corrected chi connectivity index (χ1v) is 8.82. The van der Waals surface area contributed by atoms with Crippen LogP contribution in [0.2, 0.25) is 0 Å². The lowest BCUT2D eigenvalue weighted by Gasteiger charge is -2.37. The van der Waals surface area contributed by atoms with Crippen molar-refractivity contribution in [3.8, 4) is 0 Å². The topological polar surface area (TPSA) is 26.0 Å². The standard InChI is InChI=1S/C18H25NS/c1-2-5-14-8-10-18(19,11-9-14)12-15-13-20-17-7-4-3-6-16(15)17/h3-4,6-7,13-14H,2,5,8-12,19H2,1H3. The number of hydrogen-bond donors (Lipinski definition) is 1. The number of nitrogens with two attached hydrogens (primary N) is 1. The maximum absolute atomic E-state index is 6.70. The average Bonchev–Trinajstić information content (AvgIpc) is 2.85. The molecule has 0 amide bonds. The van der Waals surface area contributed by atoms with Gasteiger partial charge in [-0.05, 0) is 60.4 Å². The molecule has 108 valence electrons. The molecule has 0 unspecified atom stereocenters. The van der Waals surface area contributed by atoms with E-state index in [2.05, 4.69) is 36.6 Å². The van der Waals surface area contributed by atoms with Gasteiger partial charge in [-0.25, -0.2) is 0 Å². The van der Waals surface area contributed by atoms with Crippen molar-refractivity contribution in [2.45, 2.75) is 57.4 Å². The Labute approximate surface area is 126 Å². The molecule has 1 aliphatic carbocycles. The molecule has 2 heteroatoms. The van der Waals surface area contributed by atoms with Crippen molar-refractivity contribution in [1.29, 1.82) is 0 Å². The Morgan fingerprint density at radius 2 is 2.00 bits per heavy atom. The third kappa shape index (κ3) is 2.91. The van der Waals surface area contributed by atoms with Crippen LogP contribution in [0.4, 0.5) is 0 Å². The molecule has 0 radical (unpaired) electrons. The summed E-state index contributed by atoms with van der Waals surface area (Å²) in [4.78, 5) is 0. The van der Waals surface area contributed by atoms with Gasteiger partial charge in [-0.3, -0.25) is 0 Å². The number of benzene rings is 1. The largest absolute Gasteiger partial charge is 0.325 e. The zero-order valence-electron chi connectivity index (χ0n) is 12.4. The molecule has 2 N–H and O–H groups in total. The van der Waals surface area contributed by atoms with Gasteiger partial charge in [0.1, 0.15) is 0 Å². The first kappa shape index (κ1) is 14.1. The van der Waals surface area contributed by atoms with Crippen LogP contribution in [0.5, 0.6) is 0 Å². The van der Waals surface area contributed by atoms with Gasteiger partial charge in [0.25, 0.3) is 0 Å². The van der Waals surface area contributed by atoms with E-state index >= 15 is 0 Å². The molecule has 0 atom stereocenters. The summed E-state index contributed by atoms with van der Waals surface area (Å²) in [5.41, 5.74) is 8.20. The van der Waals surface area contributed by atoms with E-state index in [4.69, 9.17) is 5.73 Å². The highest BCUT2D eigenvalue weighted by atomic mass is 32.1. The predicted octanol–water partition coefficient (Wildman–Crippen LogP) is 5.13. The normalized spacial score (nSPS) is 27.0. The summed E-state index contributed by atoms with van der Waals surface area (Å²) in [5, 5.41) is 3.73. The lowest BCUT2D eigenvalue weighted by Crippen LogP contribution is -2.45. The SMILES string of the molecule is CCCC1CCC(N)(Cc2csc3ccccc23)CC1. The highest BCUT2D eigenvalue weighted by Crippen LogP contribution is 2.37. The number of fused-ring (bicyclic) bond motifs is 1. The van der Waals surface area contributed by atoms with Crippen LogP contribution in [-0.2, 0) is 6.42 Å².